The second kappa shape index (κ2) is 7.06. The Labute approximate surface area is 122 Å². The molecule has 1 saturated carbocycles. The number of carbonyl (C=O) groups is 1. The van der Waals surface area contributed by atoms with E-state index in [4.69, 9.17) is 5.11 Å². The minimum atomic E-state index is 0.119. The van der Waals surface area contributed by atoms with Crippen molar-refractivity contribution in [1.29, 1.82) is 0 Å². The van der Waals surface area contributed by atoms with Crippen molar-refractivity contribution in [3.8, 4) is 0 Å². The first kappa shape index (κ1) is 14.5. The van der Waals surface area contributed by atoms with Crippen molar-refractivity contribution < 1.29 is 9.90 Å². The number of aliphatic hydroxyl groups excluding tert-OH is 1. The Morgan fingerprint density at radius 1 is 1.32 bits per heavy atom. The molecule has 1 fully saturated rings. The predicted molar refractivity (Wildman–Crippen MR) is 79.9 cm³/mol. The van der Waals surface area contributed by atoms with Gasteiger partial charge in [-0.1, -0.05) is 22.0 Å². The standard InChI is InChI=1S/C15H20BrNO2/c16-13-2-1-3-14(10-13)17-15(19)12-6-4-11(5-7-12)8-9-18/h1-3,10-12,18H,4-9H2,(H,17,19). The molecule has 0 bridgehead atoms. The molecule has 19 heavy (non-hydrogen) atoms. The largest absolute Gasteiger partial charge is 0.396 e. The van der Waals surface area contributed by atoms with Crippen LogP contribution in [0.1, 0.15) is 32.1 Å². The van der Waals surface area contributed by atoms with Crippen molar-refractivity contribution >= 4 is 27.5 Å². The van der Waals surface area contributed by atoms with Crippen LogP contribution in [-0.2, 0) is 4.79 Å². The molecule has 2 N–H and O–H groups in total. The molecule has 1 aliphatic carbocycles. The van der Waals surface area contributed by atoms with Crippen molar-refractivity contribution in [2.45, 2.75) is 32.1 Å². The summed E-state index contributed by atoms with van der Waals surface area (Å²) < 4.78 is 0.969. The summed E-state index contributed by atoms with van der Waals surface area (Å²) in [4.78, 5) is 12.2. The van der Waals surface area contributed by atoms with Crippen LogP contribution in [0.15, 0.2) is 28.7 Å². The zero-order valence-corrected chi connectivity index (χ0v) is 12.5. The maximum absolute atomic E-state index is 12.2. The number of anilines is 1. The fourth-order valence-corrected chi connectivity index (χ4v) is 3.11. The second-order valence-corrected chi connectivity index (χ2v) is 6.15. The number of halogens is 1. The molecule has 0 aromatic heterocycles. The lowest BCUT2D eigenvalue weighted by Crippen LogP contribution is -2.27. The first-order chi connectivity index (χ1) is 9.19. The predicted octanol–water partition coefficient (Wildman–Crippen LogP) is 3.58. The van der Waals surface area contributed by atoms with Gasteiger partial charge in [0.15, 0.2) is 0 Å². The average molecular weight is 326 g/mol. The molecule has 104 valence electrons. The second-order valence-electron chi connectivity index (χ2n) is 5.23. The summed E-state index contributed by atoms with van der Waals surface area (Å²) >= 11 is 3.40. The van der Waals surface area contributed by atoms with E-state index in [-0.39, 0.29) is 18.4 Å². The molecule has 3 nitrogen and oxygen atoms in total. The van der Waals surface area contributed by atoms with Gasteiger partial charge >= 0.3 is 0 Å². The lowest BCUT2D eigenvalue weighted by atomic mass is 9.80. The highest BCUT2D eigenvalue weighted by atomic mass is 79.9. The highest BCUT2D eigenvalue weighted by Gasteiger charge is 2.25. The fraction of sp³-hybridized carbons (Fsp3) is 0.533. The lowest BCUT2D eigenvalue weighted by Gasteiger charge is -2.27. The molecule has 0 aliphatic heterocycles. The lowest BCUT2D eigenvalue weighted by molar-refractivity contribution is -0.121. The molecule has 1 aromatic rings. The van der Waals surface area contributed by atoms with E-state index >= 15 is 0 Å². The van der Waals surface area contributed by atoms with E-state index in [0.29, 0.717) is 5.92 Å². The minimum Gasteiger partial charge on any atom is -0.396 e. The van der Waals surface area contributed by atoms with E-state index in [2.05, 4.69) is 21.2 Å². The molecule has 0 spiro atoms. The summed E-state index contributed by atoms with van der Waals surface area (Å²) in [7, 11) is 0. The topological polar surface area (TPSA) is 49.3 Å². The molecule has 4 heteroatoms. The van der Waals surface area contributed by atoms with E-state index < -0.39 is 0 Å². The van der Waals surface area contributed by atoms with E-state index in [1.165, 1.54) is 0 Å². The van der Waals surface area contributed by atoms with Crippen molar-refractivity contribution in [1.82, 2.24) is 0 Å². The summed E-state index contributed by atoms with van der Waals surface area (Å²) in [5, 5.41) is 11.9. The average Bonchev–Trinajstić information content (AvgIpc) is 2.40. The van der Waals surface area contributed by atoms with Crippen LogP contribution in [0.2, 0.25) is 0 Å². The Morgan fingerprint density at radius 2 is 2.05 bits per heavy atom. The summed E-state index contributed by atoms with van der Waals surface area (Å²) in [5.41, 5.74) is 0.844. The van der Waals surface area contributed by atoms with Gasteiger partial charge in [-0.15, -0.1) is 0 Å². The summed E-state index contributed by atoms with van der Waals surface area (Å²) in [6.45, 7) is 0.263. The zero-order valence-electron chi connectivity index (χ0n) is 10.9. The van der Waals surface area contributed by atoms with Gasteiger partial charge in [-0.05, 0) is 56.2 Å². The summed E-state index contributed by atoms with van der Waals surface area (Å²) in [5.74, 6) is 0.842. The monoisotopic (exact) mass is 325 g/mol. The number of amides is 1. The van der Waals surface area contributed by atoms with Crippen molar-refractivity contribution in [2.75, 3.05) is 11.9 Å². The Hall–Kier alpha value is -0.870. The van der Waals surface area contributed by atoms with Gasteiger partial charge in [0.05, 0.1) is 0 Å². The molecular formula is C15H20BrNO2. The van der Waals surface area contributed by atoms with Crippen LogP contribution in [0.25, 0.3) is 0 Å². The smallest absolute Gasteiger partial charge is 0.227 e. The van der Waals surface area contributed by atoms with E-state index in [9.17, 15) is 4.79 Å². The normalized spacial score (nSPS) is 23.1. The van der Waals surface area contributed by atoms with Gasteiger partial charge in [0.25, 0.3) is 0 Å². The molecule has 0 atom stereocenters. The third-order valence-electron chi connectivity index (χ3n) is 3.85. The van der Waals surface area contributed by atoms with E-state index in [1.807, 2.05) is 24.3 Å². The Kier molecular flexibility index (Phi) is 5.40. The van der Waals surface area contributed by atoms with Crippen molar-refractivity contribution in [3.05, 3.63) is 28.7 Å². The van der Waals surface area contributed by atoms with Gasteiger partial charge in [-0.2, -0.15) is 0 Å². The number of rotatable bonds is 4. The van der Waals surface area contributed by atoms with Gasteiger partial charge < -0.3 is 10.4 Å². The molecule has 2 rings (SSSR count). The van der Waals surface area contributed by atoms with Crippen LogP contribution in [0.5, 0.6) is 0 Å². The first-order valence-corrected chi connectivity index (χ1v) is 7.65. The summed E-state index contributed by atoms with van der Waals surface area (Å²) in [6.07, 6.45) is 4.85. The number of carbonyl (C=O) groups excluding carboxylic acids is 1. The highest BCUT2D eigenvalue weighted by Crippen LogP contribution is 2.31. The third-order valence-corrected chi connectivity index (χ3v) is 4.34. The quantitative estimate of drug-likeness (QED) is 0.888. The van der Waals surface area contributed by atoms with Crippen molar-refractivity contribution in [2.24, 2.45) is 11.8 Å². The molecule has 0 unspecified atom stereocenters. The van der Waals surface area contributed by atoms with Gasteiger partial charge in [-0.25, -0.2) is 0 Å². The van der Waals surface area contributed by atoms with Gasteiger partial charge in [-0.3, -0.25) is 4.79 Å². The number of hydrogen-bond donors (Lipinski definition) is 2. The maximum Gasteiger partial charge on any atom is 0.227 e. The number of benzene rings is 1. The van der Waals surface area contributed by atoms with Crippen LogP contribution in [0.4, 0.5) is 5.69 Å². The minimum absolute atomic E-state index is 0.119. The Balaban J connectivity index is 1.84. The molecule has 0 radical (unpaired) electrons. The first-order valence-electron chi connectivity index (χ1n) is 6.86. The highest BCUT2D eigenvalue weighted by molar-refractivity contribution is 9.10. The number of hydrogen-bond acceptors (Lipinski definition) is 2. The Morgan fingerprint density at radius 3 is 2.68 bits per heavy atom. The van der Waals surface area contributed by atoms with Crippen LogP contribution in [0, 0.1) is 11.8 Å². The molecule has 1 aromatic carbocycles. The number of aliphatic hydroxyl groups is 1. The SMILES string of the molecule is O=C(Nc1cccc(Br)c1)C1CCC(CCO)CC1. The van der Waals surface area contributed by atoms with Crippen LogP contribution in [-0.4, -0.2) is 17.6 Å². The van der Waals surface area contributed by atoms with Gasteiger partial charge in [0.1, 0.15) is 0 Å². The Bertz CT molecular complexity index is 428. The van der Waals surface area contributed by atoms with Crippen LogP contribution in [0.3, 0.4) is 0 Å². The molecule has 0 heterocycles. The maximum atomic E-state index is 12.2. The molecular weight excluding hydrogens is 306 g/mol. The van der Waals surface area contributed by atoms with Gasteiger partial charge in [0, 0.05) is 22.7 Å². The molecule has 1 amide bonds. The molecule has 1 aliphatic rings. The third kappa shape index (κ3) is 4.32. The number of nitrogens with one attached hydrogen (secondary N) is 1. The zero-order chi connectivity index (χ0) is 13.7. The van der Waals surface area contributed by atoms with Gasteiger partial charge in [0.2, 0.25) is 5.91 Å². The van der Waals surface area contributed by atoms with Crippen LogP contribution >= 0.6 is 15.9 Å². The van der Waals surface area contributed by atoms with Crippen molar-refractivity contribution in [3.63, 3.8) is 0 Å². The fourth-order valence-electron chi connectivity index (χ4n) is 2.71. The molecule has 0 saturated heterocycles. The van der Waals surface area contributed by atoms with E-state index in [1.54, 1.807) is 0 Å². The van der Waals surface area contributed by atoms with E-state index in [0.717, 1.165) is 42.3 Å². The summed E-state index contributed by atoms with van der Waals surface area (Å²) in [6, 6.07) is 7.67. The van der Waals surface area contributed by atoms with Crippen LogP contribution < -0.4 is 5.32 Å².